The Kier molecular flexibility index (Phi) is 6.01. The number of hydrogen-bond donors (Lipinski definition) is 1. The maximum atomic E-state index is 5.06. The van der Waals surface area contributed by atoms with E-state index in [0.29, 0.717) is 0 Å². The molecule has 3 aromatic carbocycles. The molecule has 1 aromatic heterocycles. The van der Waals surface area contributed by atoms with E-state index in [-0.39, 0.29) is 0 Å². The van der Waals surface area contributed by atoms with Crippen LogP contribution in [0.5, 0.6) is 0 Å². The lowest BCUT2D eigenvalue weighted by Gasteiger charge is -2.40. The van der Waals surface area contributed by atoms with Crippen LogP contribution >= 0.6 is 0 Å². The number of nitrogens with one attached hydrogen (secondary N) is 1. The Balaban J connectivity index is 1.43. The molecule has 0 radical (unpaired) electrons. The smallest absolute Gasteiger partial charge is 0.134 e. The van der Waals surface area contributed by atoms with E-state index in [0.717, 1.165) is 47.5 Å². The Hall–Kier alpha value is -4.31. The standard InChI is InChI=1S/C33H32N4/c1-3-25(23-24-32-34-28-19-11-13-21-30(28)36(32)26-15-9-6-10-16-26)33(2)35-29-20-12-14-22-31(29)37(33)27-17-7-4-5-8-18-27/h4,6-23,35H,3,5,24H2,1-2H3/b25-23+. The summed E-state index contributed by atoms with van der Waals surface area (Å²) in [5, 5.41) is 3.87. The molecule has 184 valence electrons. The van der Waals surface area contributed by atoms with E-state index < -0.39 is 5.66 Å². The SMILES string of the molecule is CC/C(=C\Cc1nc2ccccc2n1-c1ccccc1)C1(C)Nc2ccccc2N1C1=CC=CCC=C1. The highest BCUT2D eigenvalue weighted by atomic mass is 15.4. The first kappa shape index (κ1) is 23.1. The van der Waals surface area contributed by atoms with Crippen LogP contribution in [0.4, 0.5) is 11.4 Å². The zero-order valence-electron chi connectivity index (χ0n) is 21.4. The highest BCUT2D eigenvalue weighted by Crippen LogP contribution is 2.46. The van der Waals surface area contributed by atoms with Gasteiger partial charge >= 0.3 is 0 Å². The van der Waals surface area contributed by atoms with Crippen LogP contribution in [0.25, 0.3) is 16.7 Å². The lowest BCUT2D eigenvalue weighted by atomic mass is 9.95. The fourth-order valence-electron chi connectivity index (χ4n) is 5.65. The number of aromatic nitrogens is 2. The van der Waals surface area contributed by atoms with Gasteiger partial charge in [0.25, 0.3) is 0 Å². The van der Waals surface area contributed by atoms with Crippen molar-refractivity contribution in [1.82, 2.24) is 9.55 Å². The lowest BCUT2D eigenvalue weighted by Crippen LogP contribution is -2.49. The van der Waals surface area contributed by atoms with Crippen molar-refractivity contribution in [3.05, 3.63) is 132 Å². The van der Waals surface area contributed by atoms with Crippen molar-refractivity contribution >= 4 is 22.4 Å². The van der Waals surface area contributed by atoms with E-state index in [1.807, 2.05) is 0 Å². The molecular weight excluding hydrogens is 452 g/mol. The van der Waals surface area contributed by atoms with Crippen molar-refractivity contribution < 1.29 is 0 Å². The largest absolute Gasteiger partial charge is 0.357 e. The molecule has 37 heavy (non-hydrogen) atoms. The average Bonchev–Trinajstić information content (AvgIpc) is 3.31. The van der Waals surface area contributed by atoms with Gasteiger partial charge in [-0.05, 0) is 73.9 Å². The molecule has 0 saturated heterocycles. The maximum Gasteiger partial charge on any atom is 0.134 e. The summed E-state index contributed by atoms with van der Waals surface area (Å²) in [6.07, 6.45) is 16.0. The topological polar surface area (TPSA) is 33.1 Å². The number of hydrogen-bond acceptors (Lipinski definition) is 3. The van der Waals surface area contributed by atoms with Gasteiger partial charge in [-0.2, -0.15) is 0 Å². The zero-order valence-corrected chi connectivity index (χ0v) is 21.4. The summed E-state index contributed by atoms with van der Waals surface area (Å²) < 4.78 is 2.29. The second-order valence-electron chi connectivity index (χ2n) is 9.68. The van der Waals surface area contributed by atoms with Crippen molar-refractivity contribution in [2.75, 3.05) is 10.2 Å². The van der Waals surface area contributed by atoms with Crippen LogP contribution in [0, 0.1) is 0 Å². The number of para-hydroxylation sites is 5. The molecule has 1 unspecified atom stereocenters. The van der Waals surface area contributed by atoms with E-state index in [4.69, 9.17) is 4.98 Å². The monoisotopic (exact) mass is 484 g/mol. The third-order valence-electron chi connectivity index (χ3n) is 7.37. The molecule has 1 aliphatic heterocycles. The second-order valence-corrected chi connectivity index (χ2v) is 9.68. The molecule has 1 atom stereocenters. The number of benzene rings is 3. The summed E-state index contributed by atoms with van der Waals surface area (Å²) in [5.74, 6) is 1.04. The molecule has 0 spiro atoms. The fourth-order valence-corrected chi connectivity index (χ4v) is 5.65. The first-order valence-corrected chi connectivity index (χ1v) is 13.1. The summed E-state index contributed by atoms with van der Waals surface area (Å²) in [4.78, 5) is 7.51. The molecule has 6 rings (SSSR count). The van der Waals surface area contributed by atoms with E-state index in [9.17, 15) is 0 Å². The van der Waals surface area contributed by atoms with Gasteiger partial charge in [-0.3, -0.25) is 4.57 Å². The van der Waals surface area contributed by atoms with E-state index in [2.05, 4.69) is 144 Å². The van der Waals surface area contributed by atoms with Crippen LogP contribution in [-0.2, 0) is 6.42 Å². The maximum absolute atomic E-state index is 5.06. The summed E-state index contributed by atoms with van der Waals surface area (Å²) in [6.45, 7) is 4.54. The Morgan fingerprint density at radius 3 is 2.62 bits per heavy atom. The van der Waals surface area contributed by atoms with Crippen LogP contribution in [0.1, 0.15) is 32.5 Å². The van der Waals surface area contributed by atoms with Crippen molar-refractivity contribution in [2.24, 2.45) is 0 Å². The Bertz CT molecular complexity index is 1550. The predicted molar refractivity (Wildman–Crippen MR) is 155 cm³/mol. The molecule has 0 bridgehead atoms. The van der Waals surface area contributed by atoms with Gasteiger partial charge in [-0.25, -0.2) is 4.98 Å². The van der Waals surface area contributed by atoms with Crippen LogP contribution in [0.2, 0.25) is 0 Å². The quantitative estimate of drug-likeness (QED) is 0.282. The zero-order chi connectivity index (χ0) is 25.2. The first-order valence-electron chi connectivity index (χ1n) is 13.1. The lowest BCUT2D eigenvalue weighted by molar-refractivity contribution is 0.593. The fraction of sp³-hybridized carbons (Fsp3) is 0.182. The number of imidazole rings is 1. The number of allylic oxidation sites excluding steroid dienone is 6. The molecule has 4 nitrogen and oxygen atoms in total. The average molecular weight is 485 g/mol. The van der Waals surface area contributed by atoms with Gasteiger partial charge in [-0.1, -0.05) is 73.7 Å². The molecule has 0 saturated carbocycles. The van der Waals surface area contributed by atoms with Crippen LogP contribution in [0.3, 0.4) is 0 Å². The van der Waals surface area contributed by atoms with Gasteiger partial charge in [0.2, 0.25) is 0 Å². The highest BCUT2D eigenvalue weighted by molar-refractivity contribution is 5.83. The molecule has 0 amide bonds. The van der Waals surface area contributed by atoms with Gasteiger partial charge in [0, 0.05) is 17.8 Å². The van der Waals surface area contributed by atoms with Crippen molar-refractivity contribution in [1.29, 1.82) is 0 Å². The van der Waals surface area contributed by atoms with E-state index >= 15 is 0 Å². The van der Waals surface area contributed by atoms with Gasteiger partial charge in [0.15, 0.2) is 0 Å². The number of fused-ring (bicyclic) bond motifs is 2. The first-order chi connectivity index (χ1) is 18.2. The second kappa shape index (κ2) is 9.62. The molecule has 4 heteroatoms. The predicted octanol–water partition coefficient (Wildman–Crippen LogP) is 7.95. The van der Waals surface area contributed by atoms with Crippen LogP contribution in [-0.4, -0.2) is 15.2 Å². The molecule has 2 heterocycles. The van der Waals surface area contributed by atoms with Gasteiger partial charge in [0.1, 0.15) is 11.5 Å². The molecule has 2 aliphatic rings. The van der Waals surface area contributed by atoms with Crippen molar-refractivity contribution in [3.8, 4) is 5.69 Å². The molecule has 4 aromatic rings. The molecule has 0 fully saturated rings. The van der Waals surface area contributed by atoms with Crippen LogP contribution < -0.4 is 10.2 Å². The number of anilines is 2. The Labute approximate surface area is 219 Å². The summed E-state index contributed by atoms with van der Waals surface area (Å²) in [5.41, 5.74) is 7.77. The number of rotatable bonds is 6. The van der Waals surface area contributed by atoms with E-state index in [1.54, 1.807) is 0 Å². The minimum absolute atomic E-state index is 0.392. The summed E-state index contributed by atoms with van der Waals surface area (Å²) in [6, 6.07) is 27.5. The van der Waals surface area contributed by atoms with Gasteiger partial charge < -0.3 is 10.2 Å². The third-order valence-corrected chi connectivity index (χ3v) is 7.37. The number of nitrogens with zero attached hydrogens (tertiary/aromatic N) is 3. The Morgan fingerprint density at radius 2 is 1.76 bits per heavy atom. The molecule has 1 N–H and O–H groups in total. The van der Waals surface area contributed by atoms with E-state index in [1.165, 1.54) is 17.0 Å². The van der Waals surface area contributed by atoms with Crippen molar-refractivity contribution in [2.45, 2.75) is 38.8 Å². The molecule has 1 aliphatic carbocycles. The Morgan fingerprint density at radius 1 is 0.973 bits per heavy atom. The third kappa shape index (κ3) is 4.09. The van der Waals surface area contributed by atoms with Crippen molar-refractivity contribution in [3.63, 3.8) is 0 Å². The highest BCUT2D eigenvalue weighted by Gasteiger charge is 2.42. The summed E-state index contributed by atoms with van der Waals surface area (Å²) >= 11 is 0. The minimum atomic E-state index is -0.392. The van der Waals surface area contributed by atoms with Gasteiger partial charge in [-0.15, -0.1) is 0 Å². The van der Waals surface area contributed by atoms with Gasteiger partial charge in [0.05, 0.1) is 22.4 Å². The summed E-state index contributed by atoms with van der Waals surface area (Å²) in [7, 11) is 0. The molecular formula is C33H32N4. The normalized spacial score (nSPS) is 19.0. The van der Waals surface area contributed by atoms with Crippen LogP contribution in [0.15, 0.2) is 127 Å². The minimum Gasteiger partial charge on any atom is -0.357 e.